The monoisotopic (exact) mass is 244 g/mol. The van der Waals surface area contributed by atoms with Crippen LogP contribution in [0.2, 0.25) is 0 Å². The van der Waals surface area contributed by atoms with E-state index in [0.717, 1.165) is 37.4 Å². The molecule has 3 rings (SSSR count). The van der Waals surface area contributed by atoms with Gasteiger partial charge in [0.05, 0.1) is 17.5 Å². The largest absolute Gasteiger partial charge is 0.381 e. The predicted octanol–water partition coefficient (Wildman–Crippen LogP) is 1.86. The molecule has 1 saturated heterocycles. The van der Waals surface area contributed by atoms with Crippen LogP contribution < -0.4 is 5.32 Å². The highest BCUT2D eigenvalue weighted by molar-refractivity contribution is 5.60. The Morgan fingerprint density at radius 1 is 1.39 bits per heavy atom. The van der Waals surface area contributed by atoms with Crippen molar-refractivity contribution in [2.75, 3.05) is 18.5 Å². The van der Waals surface area contributed by atoms with Gasteiger partial charge in [-0.15, -0.1) is 0 Å². The summed E-state index contributed by atoms with van der Waals surface area (Å²) in [4.78, 5) is 3.98. The Morgan fingerprint density at radius 2 is 2.33 bits per heavy atom. The lowest BCUT2D eigenvalue weighted by Crippen LogP contribution is -2.19. The van der Waals surface area contributed by atoms with Gasteiger partial charge >= 0.3 is 0 Å². The lowest BCUT2D eigenvalue weighted by Gasteiger charge is -2.14. The molecular formula is C13H16N4O. The first-order valence-corrected chi connectivity index (χ1v) is 6.23. The van der Waals surface area contributed by atoms with E-state index in [1.54, 1.807) is 11.0 Å². The van der Waals surface area contributed by atoms with E-state index in [2.05, 4.69) is 15.4 Å². The number of ether oxygens (including phenoxy) is 1. The molecule has 0 amide bonds. The number of anilines is 1. The van der Waals surface area contributed by atoms with Gasteiger partial charge in [0.25, 0.3) is 0 Å². The van der Waals surface area contributed by atoms with E-state index >= 15 is 0 Å². The van der Waals surface area contributed by atoms with Gasteiger partial charge in [-0.2, -0.15) is 5.10 Å². The maximum absolute atomic E-state index is 5.61. The van der Waals surface area contributed by atoms with Crippen LogP contribution in [0.5, 0.6) is 0 Å². The van der Waals surface area contributed by atoms with Crippen molar-refractivity contribution in [1.29, 1.82) is 0 Å². The number of aromatic nitrogens is 3. The Morgan fingerprint density at radius 3 is 3.11 bits per heavy atom. The van der Waals surface area contributed by atoms with Crippen LogP contribution in [-0.2, 0) is 4.74 Å². The zero-order chi connectivity index (χ0) is 12.2. The normalized spacial score (nSPS) is 19.0. The summed E-state index contributed by atoms with van der Waals surface area (Å²) in [6.45, 7) is 1.72. The van der Waals surface area contributed by atoms with E-state index in [4.69, 9.17) is 4.74 Å². The minimum absolute atomic E-state index is 0.328. The topological polar surface area (TPSA) is 52.0 Å². The van der Waals surface area contributed by atoms with Crippen molar-refractivity contribution in [1.82, 2.24) is 14.8 Å². The molecule has 1 unspecified atom stereocenters. The number of benzene rings is 1. The molecule has 2 heterocycles. The highest BCUT2D eigenvalue weighted by Crippen LogP contribution is 2.20. The molecule has 1 aliphatic rings. The number of nitrogens with one attached hydrogen (secondary N) is 1. The first-order valence-electron chi connectivity index (χ1n) is 6.23. The second-order valence-corrected chi connectivity index (χ2v) is 4.37. The summed E-state index contributed by atoms with van der Waals surface area (Å²) >= 11 is 0. The van der Waals surface area contributed by atoms with E-state index in [9.17, 15) is 0 Å². The summed E-state index contributed by atoms with van der Waals surface area (Å²) in [6.07, 6.45) is 5.87. The smallest absolute Gasteiger partial charge is 0.138 e. The van der Waals surface area contributed by atoms with Gasteiger partial charge in [-0.05, 0) is 25.0 Å². The van der Waals surface area contributed by atoms with Crippen LogP contribution in [0.25, 0.3) is 5.69 Å². The third kappa shape index (κ3) is 2.36. The van der Waals surface area contributed by atoms with Gasteiger partial charge in [0.1, 0.15) is 12.7 Å². The lowest BCUT2D eigenvalue weighted by molar-refractivity contribution is 0.120. The zero-order valence-electron chi connectivity index (χ0n) is 10.1. The molecule has 1 aliphatic heterocycles. The third-order valence-electron chi connectivity index (χ3n) is 3.11. The lowest BCUT2D eigenvalue weighted by atomic mass is 10.2. The van der Waals surface area contributed by atoms with Crippen LogP contribution in [0.4, 0.5) is 5.69 Å². The number of para-hydroxylation sites is 2. The van der Waals surface area contributed by atoms with Crippen LogP contribution in [0.15, 0.2) is 36.9 Å². The summed E-state index contributed by atoms with van der Waals surface area (Å²) in [5, 5.41) is 7.59. The third-order valence-corrected chi connectivity index (χ3v) is 3.11. The quantitative estimate of drug-likeness (QED) is 0.892. The van der Waals surface area contributed by atoms with Gasteiger partial charge in [0.15, 0.2) is 0 Å². The van der Waals surface area contributed by atoms with Crippen molar-refractivity contribution in [2.24, 2.45) is 0 Å². The van der Waals surface area contributed by atoms with E-state index in [1.165, 1.54) is 6.33 Å². The second-order valence-electron chi connectivity index (χ2n) is 4.37. The van der Waals surface area contributed by atoms with Gasteiger partial charge in [-0.25, -0.2) is 9.67 Å². The molecule has 0 spiro atoms. The number of nitrogens with zero attached hydrogens (tertiary/aromatic N) is 3. The van der Waals surface area contributed by atoms with Crippen molar-refractivity contribution < 1.29 is 4.74 Å². The zero-order valence-corrected chi connectivity index (χ0v) is 10.1. The molecule has 0 saturated carbocycles. The van der Waals surface area contributed by atoms with E-state index in [0.29, 0.717) is 6.10 Å². The maximum atomic E-state index is 5.61. The van der Waals surface area contributed by atoms with Gasteiger partial charge in [0, 0.05) is 13.2 Å². The number of hydrogen-bond donors (Lipinski definition) is 1. The Hall–Kier alpha value is -1.88. The molecule has 94 valence electrons. The minimum Gasteiger partial charge on any atom is -0.381 e. The Balaban J connectivity index is 1.75. The molecule has 1 aromatic heterocycles. The van der Waals surface area contributed by atoms with Crippen LogP contribution in [0.1, 0.15) is 12.8 Å². The summed E-state index contributed by atoms with van der Waals surface area (Å²) in [7, 11) is 0. The van der Waals surface area contributed by atoms with Gasteiger partial charge in [-0.1, -0.05) is 12.1 Å². The van der Waals surface area contributed by atoms with Crippen LogP contribution in [-0.4, -0.2) is 34.0 Å². The van der Waals surface area contributed by atoms with Crippen molar-refractivity contribution in [2.45, 2.75) is 18.9 Å². The molecule has 0 bridgehead atoms. The van der Waals surface area contributed by atoms with Gasteiger partial charge < -0.3 is 10.1 Å². The first kappa shape index (κ1) is 11.2. The summed E-state index contributed by atoms with van der Waals surface area (Å²) < 4.78 is 7.37. The molecule has 0 aliphatic carbocycles. The minimum atomic E-state index is 0.328. The van der Waals surface area contributed by atoms with E-state index < -0.39 is 0 Å². The molecule has 1 N–H and O–H groups in total. The number of hydrogen-bond acceptors (Lipinski definition) is 4. The van der Waals surface area contributed by atoms with Crippen LogP contribution in [0, 0.1) is 0 Å². The molecule has 1 fully saturated rings. The average molecular weight is 244 g/mol. The van der Waals surface area contributed by atoms with E-state index in [-0.39, 0.29) is 0 Å². The predicted molar refractivity (Wildman–Crippen MR) is 68.8 cm³/mol. The molecule has 5 heteroatoms. The SMILES string of the molecule is c1ccc(-n2cncn2)c(NCC2CCCO2)c1. The van der Waals surface area contributed by atoms with Crippen molar-refractivity contribution in [3.05, 3.63) is 36.9 Å². The van der Waals surface area contributed by atoms with Gasteiger partial charge in [-0.3, -0.25) is 0 Å². The Labute approximate surface area is 106 Å². The van der Waals surface area contributed by atoms with Crippen molar-refractivity contribution in [3.63, 3.8) is 0 Å². The summed E-state index contributed by atoms with van der Waals surface area (Å²) in [5.41, 5.74) is 2.06. The maximum Gasteiger partial charge on any atom is 0.138 e. The van der Waals surface area contributed by atoms with Gasteiger partial charge in [0.2, 0.25) is 0 Å². The van der Waals surface area contributed by atoms with Crippen molar-refractivity contribution in [3.8, 4) is 5.69 Å². The highest BCUT2D eigenvalue weighted by atomic mass is 16.5. The molecule has 0 radical (unpaired) electrons. The molecule has 18 heavy (non-hydrogen) atoms. The average Bonchev–Trinajstić information content (AvgIpc) is 3.10. The van der Waals surface area contributed by atoms with Crippen LogP contribution >= 0.6 is 0 Å². The fraction of sp³-hybridized carbons (Fsp3) is 0.385. The molecule has 2 aromatic rings. The fourth-order valence-corrected chi connectivity index (χ4v) is 2.18. The molecule has 1 atom stereocenters. The van der Waals surface area contributed by atoms with E-state index in [1.807, 2.05) is 24.3 Å². The molecule has 1 aromatic carbocycles. The van der Waals surface area contributed by atoms with Crippen molar-refractivity contribution >= 4 is 5.69 Å². The first-order chi connectivity index (χ1) is 8.93. The Bertz CT molecular complexity index is 491. The standard InChI is InChI=1S/C13H16N4O/c1-2-6-13(17-10-14-9-16-17)12(5-1)15-8-11-4-3-7-18-11/h1-2,5-6,9-11,15H,3-4,7-8H2. The fourth-order valence-electron chi connectivity index (χ4n) is 2.18. The Kier molecular flexibility index (Phi) is 3.23. The highest BCUT2D eigenvalue weighted by Gasteiger charge is 2.15. The van der Waals surface area contributed by atoms with Crippen LogP contribution in [0.3, 0.4) is 0 Å². The summed E-state index contributed by atoms with van der Waals surface area (Å²) in [5.74, 6) is 0. The second kappa shape index (κ2) is 5.18. The number of rotatable bonds is 4. The molecule has 5 nitrogen and oxygen atoms in total. The molecular weight excluding hydrogens is 228 g/mol. The summed E-state index contributed by atoms with van der Waals surface area (Å²) in [6, 6.07) is 8.07.